The van der Waals surface area contributed by atoms with Crippen LogP contribution >= 0.6 is 0 Å². The van der Waals surface area contributed by atoms with E-state index in [1.807, 2.05) is 55.5 Å². The average Bonchev–Trinajstić information content (AvgIpc) is 2.79. The number of anilines is 2. The molecule has 0 saturated carbocycles. The van der Waals surface area contributed by atoms with Gasteiger partial charge in [-0.05, 0) is 43.2 Å². The van der Waals surface area contributed by atoms with Gasteiger partial charge >= 0.3 is 0 Å². The van der Waals surface area contributed by atoms with E-state index in [2.05, 4.69) is 20.3 Å². The zero-order chi connectivity index (χ0) is 25.4. The molecule has 4 aromatic rings. The van der Waals surface area contributed by atoms with E-state index >= 15 is 0 Å². The van der Waals surface area contributed by atoms with Gasteiger partial charge in [0.05, 0.1) is 29.4 Å². The van der Waals surface area contributed by atoms with Crippen LogP contribution in [0.3, 0.4) is 0 Å². The van der Waals surface area contributed by atoms with Crippen molar-refractivity contribution in [3.63, 3.8) is 0 Å². The molecule has 0 amide bonds. The monoisotopic (exact) mass is 511 g/mol. The Hall–Kier alpha value is -3.57. The number of pyridine rings is 1. The van der Waals surface area contributed by atoms with Crippen molar-refractivity contribution in [2.75, 3.05) is 21.5 Å². The second kappa shape index (κ2) is 9.23. The van der Waals surface area contributed by atoms with E-state index in [4.69, 9.17) is 0 Å². The van der Waals surface area contributed by atoms with Gasteiger partial charge in [0.2, 0.25) is 20.0 Å². The standard InChI is InChI=1S/C24H25N5O4S2/c1-16(18-8-6-5-7-9-18)28-24-21-12-19(10-11-22(21)26-15-27-24)20-13-23(17(2)25-14-20)29(34(3,30)31)35(4,32)33/h5-16H,1-4H3,(H,26,27,28). The van der Waals surface area contributed by atoms with Gasteiger partial charge in [0.15, 0.2) is 0 Å². The first kappa shape index (κ1) is 24.6. The van der Waals surface area contributed by atoms with E-state index in [1.165, 1.54) is 12.4 Å². The first-order valence-electron chi connectivity index (χ1n) is 10.7. The van der Waals surface area contributed by atoms with Crippen molar-refractivity contribution in [1.82, 2.24) is 15.0 Å². The molecule has 1 unspecified atom stereocenters. The Morgan fingerprint density at radius 2 is 1.54 bits per heavy atom. The van der Waals surface area contributed by atoms with Crippen LogP contribution in [0.4, 0.5) is 11.5 Å². The summed E-state index contributed by atoms with van der Waals surface area (Å²) >= 11 is 0. The van der Waals surface area contributed by atoms with Gasteiger partial charge in [0.25, 0.3) is 0 Å². The van der Waals surface area contributed by atoms with E-state index in [1.54, 1.807) is 13.1 Å². The molecule has 2 aromatic heterocycles. The quantitative estimate of drug-likeness (QED) is 0.396. The van der Waals surface area contributed by atoms with Crippen LogP contribution < -0.4 is 9.03 Å². The summed E-state index contributed by atoms with van der Waals surface area (Å²) in [5, 5.41) is 4.19. The maximum Gasteiger partial charge on any atom is 0.245 e. The lowest BCUT2D eigenvalue weighted by atomic mass is 10.0. The van der Waals surface area contributed by atoms with E-state index in [9.17, 15) is 16.8 Å². The topological polar surface area (TPSA) is 122 Å². The van der Waals surface area contributed by atoms with Crippen molar-refractivity contribution < 1.29 is 16.8 Å². The molecule has 1 atom stereocenters. The molecule has 9 nitrogen and oxygen atoms in total. The Balaban J connectivity index is 1.80. The first-order chi connectivity index (χ1) is 16.4. The van der Waals surface area contributed by atoms with Crippen molar-refractivity contribution in [3.05, 3.63) is 78.4 Å². The predicted octanol–water partition coefficient (Wildman–Crippen LogP) is 3.90. The third kappa shape index (κ3) is 5.25. The van der Waals surface area contributed by atoms with Gasteiger partial charge in [-0.15, -0.1) is 0 Å². The lowest BCUT2D eigenvalue weighted by Crippen LogP contribution is -2.35. The van der Waals surface area contributed by atoms with Gasteiger partial charge in [-0.1, -0.05) is 36.4 Å². The van der Waals surface area contributed by atoms with E-state index in [-0.39, 0.29) is 17.4 Å². The van der Waals surface area contributed by atoms with Crippen molar-refractivity contribution in [2.24, 2.45) is 0 Å². The maximum absolute atomic E-state index is 12.3. The molecule has 11 heteroatoms. The number of rotatable bonds is 7. The molecule has 0 radical (unpaired) electrons. The third-order valence-electron chi connectivity index (χ3n) is 5.48. The number of nitrogens with zero attached hydrogens (tertiary/aromatic N) is 4. The Morgan fingerprint density at radius 3 is 2.20 bits per heavy atom. The lowest BCUT2D eigenvalue weighted by Gasteiger charge is -2.22. The molecule has 0 aliphatic heterocycles. The van der Waals surface area contributed by atoms with E-state index in [0.717, 1.165) is 29.0 Å². The normalized spacial score (nSPS) is 12.9. The van der Waals surface area contributed by atoms with Crippen LogP contribution in [-0.4, -0.2) is 44.3 Å². The van der Waals surface area contributed by atoms with Gasteiger partial charge in [0, 0.05) is 23.2 Å². The molecule has 0 aliphatic rings. The number of benzene rings is 2. The first-order valence-corrected chi connectivity index (χ1v) is 14.4. The minimum Gasteiger partial charge on any atom is -0.363 e. The summed E-state index contributed by atoms with van der Waals surface area (Å²) in [6, 6.07) is 17.0. The summed E-state index contributed by atoms with van der Waals surface area (Å²) in [5.74, 6) is 0.641. The SMILES string of the molecule is Cc1ncc(-c2ccc3ncnc(NC(C)c4ccccc4)c3c2)cc1N(S(C)(=O)=O)S(C)(=O)=O. The summed E-state index contributed by atoms with van der Waals surface area (Å²) < 4.78 is 49.7. The highest BCUT2D eigenvalue weighted by atomic mass is 32.3. The maximum atomic E-state index is 12.3. The second-order valence-corrected chi connectivity index (χ2v) is 12.2. The van der Waals surface area contributed by atoms with Crippen molar-refractivity contribution in [2.45, 2.75) is 19.9 Å². The molecule has 0 bridgehead atoms. The minimum absolute atomic E-state index is 0.0105. The van der Waals surface area contributed by atoms with Crippen LogP contribution in [0.1, 0.15) is 24.2 Å². The van der Waals surface area contributed by atoms with Crippen LogP contribution in [0.25, 0.3) is 22.0 Å². The summed E-state index contributed by atoms with van der Waals surface area (Å²) in [6.07, 6.45) is 4.76. The fraction of sp³-hybridized carbons (Fsp3) is 0.208. The summed E-state index contributed by atoms with van der Waals surface area (Å²) in [5.41, 5.74) is 3.33. The van der Waals surface area contributed by atoms with Crippen molar-refractivity contribution >= 4 is 42.5 Å². The molecule has 0 saturated heterocycles. The van der Waals surface area contributed by atoms with Gasteiger partial charge < -0.3 is 5.32 Å². The fourth-order valence-electron chi connectivity index (χ4n) is 3.85. The van der Waals surface area contributed by atoms with Crippen LogP contribution in [0, 0.1) is 6.92 Å². The molecule has 182 valence electrons. The van der Waals surface area contributed by atoms with Crippen LogP contribution in [0.15, 0.2) is 67.1 Å². The fourth-order valence-corrected chi connectivity index (χ4v) is 6.90. The second-order valence-electron chi connectivity index (χ2n) is 8.28. The summed E-state index contributed by atoms with van der Waals surface area (Å²) in [4.78, 5) is 13.1. The third-order valence-corrected chi connectivity index (χ3v) is 8.70. The molecule has 2 heterocycles. The smallest absolute Gasteiger partial charge is 0.245 e. The molecular weight excluding hydrogens is 486 g/mol. The molecule has 0 spiro atoms. The lowest BCUT2D eigenvalue weighted by molar-refractivity contribution is 0.590. The van der Waals surface area contributed by atoms with E-state index in [0.29, 0.717) is 20.7 Å². The van der Waals surface area contributed by atoms with Gasteiger partial charge in [-0.25, -0.2) is 26.8 Å². The van der Waals surface area contributed by atoms with Crippen molar-refractivity contribution in [3.8, 4) is 11.1 Å². The number of fused-ring (bicyclic) bond motifs is 1. The highest BCUT2D eigenvalue weighted by Gasteiger charge is 2.29. The summed E-state index contributed by atoms with van der Waals surface area (Å²) in [7, 11) is -8.21. The summed E-state index contributed by atoms with van der Waals surface area (Å²) in [6.45, 7) is 3.60. The van der Waals surface area contributed by atoms with Gasteiger partial charge in [0.1, 0.15) is 12.1 Å². The minimum atomic E-state index is -4.10. The zero-order valence-corrected chi connectivity index (χ0v) is 21.3. The number of hydrogen-bond acceptors (Lipinski definition) is 8. The molecule has 0 aliphatic carbocycles. The van der Waals surface area contributed by atoms with Crippen LogP contribution in [0.2, 0.25) is 0 Å². The largest absolute Gasteiger partial charge is 0.363 e. The highest BCUT2D eigenvalue weighted by Crippen LogP contribution is 2.32. The number of hydrogen-bond donors (Lipinski definition) is 1. The van der Waals surface area contributed by atoms with Crippen LogP contribution in [-0.2, 0) is 20.0 Å². The molecule has 0 fully saturated rings. The van der Waals surface area contributed by atoms with E-state index < -0.39 is 20.0 Å². The molecule has 4 rings (SSSR count). The van der Waals surface area contributed by atoms with Gasteiger partial charge in [-0.2, -0.15) is 3.71 Å². The molecule has 2 aromatic carbocycles. The Labute approximate surface area is 205 Å². The Kier molecular flexibility index (Phi) is 6.48. The van der Waals surface area contributed by atoms with Crippen molar-refractivity contribution in [1.29, 1.82) is 0 Å². The number of sulfonamides is 2. The number of aryl methyl sites for hydroxylation is 1. The van der Waals surface area contributed by atoms with Gasteiger partial charge in [-0.3, -0.25) is 4.98 Å². The van der Waals surface area contributed by atoms with Crippen LogP contribution in [0.5, 0.6) is 0 Å². The Bertz CT molecular complexity index is 1580. The highest BCUT2D eigenvalue weighted by molar-refractivity contribution is 8.09. The predicted molar refractivity (Wildman–Crippen MR) is 138 cm³/mol. The molecule has 35 heavy (non-hydrogen) atoms. The number of aromatic nitrogens is 3. The number of nitrogens with one attached hydrogen (secondary N) is 1. The Morgan fingerprint density at radius 1 is 0.857 bits per heavy atom. The molecular formula is C24H25N5O4S2. The zero-order valence-electron chi connectivity index (χ0n) is 19.7. The average molecular weight is 512 g/mol. The molecule has 1 N–H and O–H groups in total.